The molecule has 6 nitrogen and oxygen atoms in total. The second-order valence-electron chi connectivity index (χ2n) is 17.2. The highest BCUT2D eigenvalue weighted by molar-refractivity contribution is 6.30. The van der Waals surface area contributed by atoms with Crippen molar-refractivity contribution in [2.24, 2.45) is 0 Å². The molecule has 0 bridgehead atoms. The van der Waals surface area contributed by atoms with Gasteiger partial charge in [-0.1, -0.05) is 96.5 Å². The van der Waals surface area contributed by atoms with Gasteiger partial charge in [0.25, 0.3) is 0 Å². The summed E-state index contributed by atoms with van der Waals surface area (Å²) in [5.74, 6) is 2.87. The molecule has 5 aromatic carbocycles. The van der Waals surface area contributed by atoms with Crippen LogP contribution in [0.4, 0.5) is 0 Å². The summed E-state index contributed by atoms with van der Waals surface area (Å²) in [6.45, 7) is 14.1. The summed E-state index contributed by atoms with van der Waals surface area (Å²) in [4.78, 5) is 7.74. The summed E-state index contributed by atoms with van der Waals surface area (Å²) >= 11 is 5.89. The van der Waals surface area contributed by atoms with E-state index in [0.717, 1.165) is 61.4 Å². The molecule has 0 spiro atoms. The predicted octanol–water partition coefficient (Wildman–Crippen LogP) is 13.5. The monoisotopic (exact) mass is 860 g/mol. The largest absolute Gasteiger partial charge is 0.494 e. The average Bonchev–Trinajstić information content (AvgIpc) is 4.15. The van der Waals surface area contributed by atoms with E-state index in [-0.39, 0.29) is 0 Å². The fourth-order valence-electron chi connectivity index (χ4n) is 8.68. The zero-order valence-electron chi connectivity index (χ0n) is 37.6. The zero-order chi connectivity index (χ0) is 42.7. The number of nitrogens with zero attached hydrogens (tertiary/aromatic N) is 3. The van der Waals surface area contributed by atoms with Gasteiger partial charge in [0.15, 0.2) is 0 Å². The smallest absolute Gasteiger partial charge is 0.127 e. The highest BCUT2D eigenvalue weighted by Gasteiger charge is 2.12. The molecule has 3 heterocycles. The van der Waals surface area contributed by atoms with Gasteiger partial charge >= 0.3 is 0 Å². The number of halogens is 1. The molecule has 0 aliphatic carbocycles. The first-order valence-electron chi connectivity index (χ1n) is 24.1. The number of likely N-dealkylation sites (tertiary alicyclic amines) is 3. The SMILES string of the molecule is Clc1cccc(OCCCCCN2CCCC2)c1.c1ccc(-c2ccc(OCCCCCN3CCCC3)cc2)cc1.c1ccc2c(OCCCCCN3CCCC3)cccc2c1. The number of fused-ring (bicyclic) bond motifs is 1. The highest BCUT2D eigenvalue weighted by atomic mass is 35.5. The van der Waals surface area contributed by atoms with Crippen LogP contribution >= 0.6 is 11.6 Å². The third kappa shape index (κ3) is 18.0. The minimum Gasteiger partial charge on any atom is -0.494 e. The van der Waals surface area contributed by atoms with Gasteiger partial charge < -0.3 is 28.9 Å². The number of benzene rings is 5. The maximum absolute atomic E-state index is 5.98. The van der Waals surface area contributed by atoms with E-state index in [1.807, 2.05) is 30.3 Å². The Morgan fingerprint density at radius 1 is 0.387 bits per heavy atom. The quantitative estimate of drug-likeness (QED) is 0.0646. The van der Waals surface area contributed by atoms with E-state index in [1.165, 1.54) is 158 Å². The van der Waals surface area contributed by atoms with Crippen LogP contribution in [-0.4, -0.2) is 93.4 Å². The van der Waals surface area contributed by atoms with Gasteiger partial charge in [0, 0.05) is 10.4 Å². The van der Waals surface area contributed by atoms with Crippen LogP contribution in [0, 0.1) is 0 Å². The van der Waals surface area contributed by atoms with E-state index in [1.54, 1.807) is 0 Å². The van der Waals surface area contributed by atoms with Crippen LogP contribution < -0.4 is 14.2 Å². The van der Waals surface area contributed by atoms with Crippen molar-refractivity contribution in [1.29, 1.82) is 0 Å². The van der Waals surface area contributed by atoms with E-state index in [0.29, 0.717) is 0 Å². The molecular formula is C55H74ClN3O3. The Kier molecular flexibility index (Phi) is 21.9. The van der Waals surface area contributed by atoms with Crippen molar-refractivity contribution in [1.82, 2.24) is 14.7 Å². The number of rotatable bonds is 22. The van der Waals surface area contributed by atoms with Crippen molar-refractivity contribution in [2.75, 3.05) is 78.7 Å². The summed E-state index contributed by atoms with van der Waals surface area (Å²) in [5.41, 5.74) is 2.49. The lowest BCUT2D eigenvalue weighted by molar-refractivity contribution is 0.290. The van der Waals surface area contributed by atoms with Gasteiger partial charge in [-0.25, -0.2) is 0 Å². The Labute approximate surface area is 379 Å². The van der Waals surface area contributed by atoms with E-state index >= 15 is 0 Å². The molecule has 3 fully saturated rings. The summed E-state index contributed by atoms with van der Waals surface area (Å²) in [5, 5.41) is 3.21. The molecule has 0 N–H and O–H groups in total. The maximum Gasteiger partial charge on any atom is 0.127 e. The molecule has 3 aliphatic heterocycles. The Morgan fingerprint density at radius 2 is 0.855 bits per heavy atom. The number of ether oxygens (including phenoxy) is 3. The van der Waals surface area contributed by atoms with Gasteiger partial charge in [-0.3, -0.25) is 0 Å². The lowest BCUT2D eigenvalue weighted by Crippen LogP contribution is -2.20. The van der Waals surface area contributed by atoms with E-state index < -0.39 is 0 Å². The third-order valence-corrected chi connectivity index (χ3v) is 12.5. The maximum atomic E-state index is 5.98. The molecule has 8 rings (SSSR count). The van der Waals surface area contributed by atoms with Crippen LogP contribution in [0.2, 0.25) is 5.02 Å². The van der Waals surface area contributed by atoms with Gasteiger partial charge in [0.05, 0.1) is 19.8 Å². The van der Waals surface area contributed by atoms with Gasteiger partial charge in [-0.05, 0) is 208 Å². The average molecular weight is 861 g/mol. The molecule has 0 amide bonds. The van der Waals surface area contributed by atoms with Gasteiger partial charge in [0.2, 0.25) is 0 Å². The van der Waals surface area contributed by atoms with Crippen LogP contribution in [0.15, 0.2) is 121 Å². The molecule has 0 unspecified atom stereocenters. The van der Waals surface area contributed by atoms with Crippen molar-refractivity contribution < 1.29 is 14.2 Å². The first kappa shape index (κ1) is 47.4. The molecule has 62 heavy (non-hydrogen) atoms. The summed E-state index contributed by atoms with van der Waals surface area (Å²) < 4.78 is 17.5. The summed E-state index contributed by atoms with van der Waals surface area (Å²) in [7, 11) is 0. The van der Waals surface area contributed by atoms with Crippen LogP contribution in [-0.2, 0) is 0 Å². The molecule has 7 heteroatoms. The van der Waals surface area contributed by atoms with E-state index in [4.69, 9.17) is 25.8 Å². The number of hydrogen-bond acceptors (Lipinski definition) is 6. The van der Waals surface area contributed by atoms with Crippen molar-refractivity contribution >= 4 is 22.4 Å². The molecule has 0 saturated carbocycles. The Balaban J connectivity index is 0.000000156. The Bertz CT molecular complexity index is 1900. The molecule has 5 aromatic rings. The van der Waals surface area contributed by atoms with Gasteiger partial charge in [-0.15, -0.1) is 0 Å². The fraction of sp³-hybridized carbons (Fsp3) is 0.491. The standard InChI is InChI=1S/C21H27NO.C19H25NO.C15H22ClNO/c1-3-9-19(10-4-1)20-11-13-21(14-12-20)23-18-8-2-5-15-22-16-6-7-17-22;1(4-13-20-14-5-6-15-20)7-16-21-19-12-8-10-17-9-2-3-11-18(17)19;16-14-7-6-8-15(13-14)18-12-5-1-2-9-17-10-3-4-11-17/h1,3-4,9-14H,2,5-8,15-18H2;2-3,8-12H,1,4-7,13-16H2;6-8,13H,1-5,9-12H2. The molecule has 0 atom stereocenters. The first-order chi connectivity index (χ1) is 30.7. The van der Waals surface area contributed by atoms with Crippen LogP contribution in [0.5, 0.6) is 17.2 Å². The van der Waals surface area contributed by atoms with Crippen LogP contribution in [0.25, 0.3) is 21.9 Å². The fourth-order valence-corrected chi connectivity index (χ4v) is 8.86. The molecule has 0 radical (unpaired) electrons. The lowest BCUT2D eigenvalue weighted by atomic mass is 10.1. The van der Waals surface area contributed by atoms with Crippen molar-refractivity contribution in [3.05, 3.63) is 126 Å². The summed E-state index contributed by atoms with van der Waals surface area (Å²) in [6, 6.07) is 41.2. The van der Waals surface area contributed by atoms with Gasteiger partial charge in [0.1, 0.15) is 17.2 Å². The van der Waals surface area contributed by atoms with Crippen molar-refractivity contribution in [3.8, 4) is 28.4 Å². The molecular weight excluding hydrogens is 786 g/mol. The molecule has 3 saturated heterocycles. The predicted molar refractivity (Wildman–Crippen MR) is 262 cm³/mol. The third-order valence-electron chi connectivity index (χ3n) is 12.3. The minimum atomic E-state index is 0.738. The number of unbranched alkanes of at least 4 members (excludes halogenated alkanes) is 6. The normalized spacial score (nSPS) is 15.5. The van der Waals surface area contributed by atoms with Crippen LogP contribution in [0.1, 0.15) is 96.3 Å². The molecule has 0 aromatic heterocycles. The van der Waals surface area contributed by atoms with Crippen molar-refractivity contribution in [3.63, 3.8) is 0 Å². The number of hydrogen-bond donors (Lipinski definition) is 0. The second kappa shape index (κ2) is 28.6. The lowest BCUT2D eigenvalue weighted by Gasteiger charge is -2.14. The van der Waals surface area contributed by atoms with E-state index in [2.05, 4.69) is 106 Å². The summed E-state index contributed by atoms with van der Waals surface area (Å²) in [6.07, 6.45) is 19.4. The molecule has 334 valence electrons. The Morgan fingerprint density at radius 3 is 1.42 bits per heavy atom. The highest BCUT2D eigenvalue weighted by Crippen LogP contribution is 2.26. The van der Waals surface area contributed by atoms with Gasteiger partial charge in [-0.2, -0.15) is 0 Å². The first-order valence-corrected chi connectivity index (χ1v) is 24.5. The second-order valence-corrected chi connectivity index (χ2v) is 17.6. The van der Waals surface area contributed by atoms with Crippen LogP contribution in [0.3, 0.4) is 0 Å². The zero-order valence-corrected chi connectivity index (χ0v) is 38.3. The minimum absolute atomic E-state index is 0.738. The van der Waals surface area contributed by atoms with E-state index in [9.17, 15) is 0 Å². The Hall–Kier alpha value is -4.07. The molecule has 3 aliphatic rings. The topological polar surface area (TPSA) is 37.4 Å². The van der Waals surface area contributed by atoms with Crippen molar-refractivity contribution in [2.45, 2.75) is 96.3 Å².